The quantitative estimate of drug-likeness (QED) is 0.913. The van der Waals surface area contributed by atoms with Crippen molar-refractivity contribution in [3.63, 3.8) is 0 Å². The second-order valence-electron chi connectivity index (χ2n) is 4.17. The fraction of sp³-hybridized carbons (Fsp3) is 0.286. The largest absolute Gasteiger partial charge is 0.464 e. The maximum absolute atomic E-state index is 13.6. The summed E-state index contributed by atoms with van der Waals surface area (Å²) in [5, 5.41) is 0.396. The van der Waals surface area contributed by atoms with E-state index in [4.69, 9.17) is 21.8 Å². The lowest BCUT2D eigenvalue weighted by molar-refractivity contribution is 0.432. The van der Waals surface area contributed by atoms with E-state index >= 15 is 0 Å². The van der Waals surface area contributed by atoms with Gasteiger partial charge in [0.05, 0.1) is 6.04 Å². The van der Waals surface area contributed by atoms with E-state index in [0.29, 0.717) is 22.8 Å². The predicted octanol–water partition coefficient (Wildman–Crippen LogP) is 3.88. The van der Waals surface area contributed by atoms with Crippen LogP contribution < -0.4 is 5.73 Å². The molecule has 0 saturated heterocycles. The minimum atomic E-state index is -0.389. The van der Waals surface area contributed by atoms with Crippen molar-refractivity contribution in [2.24, 2.45) is 5.73 Å². The van der Waals surface area contributed by atoms with Crippen LogP contribution in [-0.2, 0) is 12.8 Å². The highest BCUT2D eigenvalue weighted by Gasteiger charge is 2.16. The average molecular weight is 268 g/mol. The van der Waals surface area contributed by atoms with E-state index in [1.165, 1.54) is 6.07 Å². The van der Waals surface area contributed by atoms with Gasteiger partial charge in [-0.15, -0.1) is 0 Å². The second-order valence-corrected chi connectivity index (χ2v) is 4.58. The lowest BCUT2D eigenvalue weighted by Gasteiger charge is -2.11. The molecule has 0 bridgehead atoms. The average Bonchev–Trinajstić information content (AvgIpc) is 2.82. The van der Waals surface area contributed by atoms with Crippen molar-refractivity contribution in [1.82, 2.24) is 0 Å². The number of nitrogens with two attached hydrogens (primary N) is 1. The third kappa shape index (κ3) is 2.74. The van der Waals surface area contributed by atoms with Crippen LogP contribution in [0.5, 0.6) is 0 Å². The molecule has 18 heavy (non-hydrogen) atoms. The molecule has 1 atom stereocenters. The Labute approximate surface area is 111 Å². The molecule has 2 rings (SSSR count). The highest BCUT2D eigenvalue weighted by Crippen LogP contribution is 2.25. The fourth-order valence-corrected chi connectivity index (χ4v) is 2.07. The van der Waals surface area contributed by atoms with Crippen molar-refractivity contribution in [2.45, 2.75) is 25.8 Å². The van der Waals surface area contributed by atoms with Crippen molar-refractivity contribution in [3.05, 3.63) is 58.3 Å². The standard InChI is InChI=1S/C14H15ClFNO/c1-2-9-6-7-14(18-9)13(17)8-10-11(15)4-3-5-12(10)16/h3-7,13H,2,8,17H2,1H3. The molecule has 0 aliphatic heterocycles. The van der Waals surface area contributed by atoms with Crippen molar-refractivity contribution in [3.8, 4) is 0 Å². The molecule has 0 amide bonds. The van der Waals surface area contributed by atoms with Crippen LogP contribution >= 0.6 is 11.6 Å². The number of hydrogen-bond donors (Lipinski definition) is 1. The van der Waals surface area contributed by atoms with Crippen molar-refractivity contribution in [2.75, 3.05) is 0 Å². The second kappa shape index (κ2) is 5.55. The minimum Gasteiger partial charge on any atom is -0.464 e. The van der Waals surface area contributed by atoms with Crippen molar-refractivity contribution in [1.29, 1.82) is 0 Å². The summed E-state index contributed by atoms with van der Waals surface area (Å²) in [5.74, 6) is 1.20. The zero-order valence-electron chi connectivity index (χ0n) is 10.1. The first-order valence-corrected chi connectivity index (χ1v) is 6.26. The summed E-state index contributed by atoms with van der Waals surface area (Å²) in [6.45, 7) is 2.00. The molecular formula is C14H15ClFNO. The van der Waals surface area contributed by atoms with Crippen LogP contribution in [0.2, 0.25) is 5.02 Å². The van der Waals surface area contributed by atoms with Gasteiger partial charge in [0.2, 0.25) is 0 Å². The molecule has 2 aromatic rings. The molecule has 1 aromatic heterocycles. The van der Waals surface area contributed by atoms with Gasteiger partial charge in [0.15, 0.2) is 0 Å². The molecule has 0 radical (unpaired) electrons. The summed E-state index contributed by atoms with van der Waals surface area (Å²) >= 11 is 5.97. The highest BCUT2D eigenvalue weighted by molar-refractivity contribution is 6.31. The maximum Gasteiger partial charge on any atom is 0.127 e. The van der Waals surface area contributed by atoms with Gasteiger partial charge in [-0.1, -0.05) is 24.6 Å². The van der Waals surface area contributed by atoms with Crippen LogP contribution in [0.25, 0.3) is 0 Å². The minimum absolute atomic E-state index is 0.322. The van der Waals surface area contributed by atoms with Crippen LogP contribution in [0.1, 0.15) is 30.0 Å². The lowest BCUT2D eigenvalue weighted by Crippen LogP contribution is -2.13. The number of aryl methyl sites for hydroxylation is 1. The number of hydrogen-bond acceptors (Lipinski definition) is 2. The van der Waals surface area contributed by atoms with Crippen molar-refractivity contribution < 1.29 is 8.81 Å². The Bertz CT molecular complexity index is 518. The SMILES string of the molecule is CCc1ccc(C(N)Cc2c(F)cccc2Cl)o1. The fourth-order valence-electron chi connectivity index (χ4n) is 1.83. The molecule has 1 aromatic carbocycles. The Morgan fingerprint density at radius 2 is 2.11 bits per heavy atom. The molecule has 1 heterocycles. The first kappa shape index (κ1) is 13.1. The summed E-state index contributed by atoms with van der Waals surface area (Å²) in [5.41, 5.74) is 6.45. The van der Waals surface area contributed by atoms with E-state index in [1.807, 2.05) is 19.1 Å². The Kier molecular flexibility index (Phi) is 4.04. The number of benzene rings is 1. The summed E-state index contributed by atoms with van der Waals surface area (Å²) in [6, 6.07) is 7.95. The molecule has 0 aliphatic carbocycles. The van der Waals surface area contributed by atoms with Crippen LogP contribution in [0, 0.1) is 5.82 Å². The molecule has 96 valence electrons. The summed E-state index contributed by atoms with van der Waals surface area (Å²) in [6.07, 6.45) is 1.13. The van der Waals surface area contributed by atoms with E-state index < -0.39 is 0 Å². The summed E-state index contributed by atoms with van der Waals surface area (Å²) in [7, 11) is 0. The Hall–Kier alpha value is -1.32. The Morgan fingerprint density at radius 1 is 1.33 bits per heavy atom. The third-order valence-corrected chi connectivity index (χ3v) is 3.24. The molecule has 4 heteroatoms. The van der Waals surface area contributed by atoms with Gasteiger partial charge >= 0.3 is 0 Å². The van der Waals surface area contributed by atoms with Gasteiger partial charge in [0, 0.05) is 17.0 Å². The molecule has 1 unspecified atom stereocenters. The van der Waals surface area contributed by atoms with E-state index in [2.05, 4.69) is 0 Å². The maximum atomic E-state index is 13.6. The van der Waals surface area contributed by atoms with Gasteiger partial charge in [0.25, 0.3) is 0 Å². The van der Waals surface area contributed by atoms with Gasteiger partial charge in [-0.25, -0.2) is 4.39 Å². The van der Waals surface area contributed by atoms with Crippen LogP contribution in [0.15, 0.2) is 34.7 Å². The predicted molar refractivity (Wildman–Crippen MR) is 70.1 cm³/mol. The van der Waals surface area contributed by atoms with Gasteiger partial charge in [-0.3, -0.25) is 0 Å². The van der Waals surface area contributed by atoms with Gasteiger partial charge in [0.1, 0.15) is 17.3 Å². The zero-order chi connectivity index (χ0) is 13.1. The lowest BCUT2D eigenvalue weighted by atomic mass is 10.0. The summed E-state index contributed by atoms with van der Waals surface area (Å²) < 4.78 is 19.2. The van der Waals surface area contributed by atoms with E-state index in [1.54, 1.807) is 12.1 Å². The van der Waals surface area contributed by atoms with E-state index in [0.717, 1.165) is 12.2 Å². The van der Waals surface area contributed by atoms with E-state index in [-0.39, 0.29) is 11.9 Å². The smallest absolute Gasteiger partial charge is 0.127 e. The Balaban J connectivity index is 2.18. The molecule has 2 N–H and O–H groups in total. The summed E-state index contributed by atoms with van der Waals surface area (Å²) in [4.78, 5) is 0. The number of furan rings is 1. The van der Waals surface area contributed by atoms with Crippen LogP contribution in [-0.4, -0.2) is 0 Å². The first-order valence-electron chi connectivity index (χ1n) is 5.89. The molecule has 0 spiro atoms. The topological polar surface area (TPSA) is 39.2 Å². The first-order chi connectivity index (χ1) is 8.61. The molecule has 0 saturated carbocycles. The van der Waals surface area contributed by atoms with Gasteiger partial charge in [-0.2, -0.15) is 0 Å². The van der Waals surface area contributed by atoms with Gasteiger partial charge in [-0.05, 0) is 30.7 Å². The van der Waals surface area contributed by atoms with E-state index in [9.17, 15) is 4.39 Å². The monoisotopic (exact) mass is 267 g/mol. The third-order valence-electron chi connectivity index (χ3n) is 2.88. The number of rotatable bonds is 4. The highest BCUT2D eigenvalue weighted by atomic mass is 35.5. The molecule has 0 aliphatic rings. The van der Waals surface area contributed by atoms with Crippen LogP contribution in [0.4, 0.5) is 4.39 Å². The molecular weight excluding hydrogens is 253 g/mol. The van der Waals surface area contributed by atoms with Gasteiger partial charge < -0.3 is 10.2 Å². The molecule has 0 fully saturated rings. The van der Waals surface area contributed by atoms with Crippen molar-refractivity contribution >= 4 is 11.6 Å². The number of halogens is 2. The zero-order valence-corrected chi connectivity index (χ0v) is 10.9. The Morgan fingerprint density at radius 3 is 2.72 bits per heavy atom. The van der Waals surface area contributed by atoms with Crippen LogP contribution in [0.3, 0.4) is 0 Å². The normalized spacial score (nSPS) is 12.7. The molecule has 2 nitrogen and oxygen atoms in total.